The summed E-state index contributed by atoms with van der Waals surface area (Å²) in [5.74, 6) is 0. The lowest BCUT2D eigenvalue weighted by atomic mass is 9.73. The molecule has 1 aromatic rings. The van der Waals surface area contributed by atoms with E-state index in [1.165, 1.54) is 12.0 Å². The fourth-order valence-corrected chi connectivity index (χ4v) is 1.69. The van der Waals surface area contributed by atoms with E-state index >= 15 is 0 Å². The first kappa shape index (κ1) is 13.6. The molecule has 1 fully saturated rings. The van der Waals surface area contributed by atoms with Crippen molar-refractivity contribution in [1.82, 2.24) is 0 Å². The van der Waals surface area contributed by atoms with Crippen LogP contribution in [0.5, 0.6) is 0 Å². The largest absolute Gasteiger partial charge is 0.399 e. The Labute approximate surface area is 96.9 Å². The number of halogens is 2. The summed E-state index contributed by atoms with van der Waals surface area (Å²) in [7, 11) is 0. The molecule has 0 heterocycles. The predicted molar refractivity (Wildman–Crippen MR) is 65.1 cm³/mol. The second-order valence-electron chi connectivity index (χ2n) is 3.64. The molecule has 0 bridgehead atoms. The average Bonchev–Trinajstić information content (AvgIpc) is 2.00. The third-order valence-electron chi connectivity index (χ3n) is 2.71. The van der Waals surface area contributed by atoms with Crippen molar-refractivity contribution in [3.05, 3.63) is 29.8 Å². The number of benzene rings is 1. The van der Waals surface area contributed by atoms with Gasteiger partial charge in [0.05, 0.1) is 0 Å². The van der Waals surface area contributed by atoms with E-state index in [9.17, 15) is 0 Å². The van der Waals surface area contributed by atoms with E-state index in [1.54, 1.807) is 0 Å². The molecule has 1 aliphatic rings. The number of rotatable bonds is 1. The molecule has 1 saturated carbocycles. The van der Waals surface area contributed by atoms with Crippen LogP contribution < -0.4 is 11.5 Å². The van der Waals surface area contributed by atoms with E-state index in [0.29, 0.717) is 0 Å². The van der Waals surface area contributed by atoms with Gasteiger partial charge in [-0.3, -0.25) is 0 Å². The summed E-state index contributed by atoms with van der Waals surface area (Å²) in [5, 5.41) is 0. The van der Waals surface area contributed by atoms with Crippen molar-refractivity contribution in [2.24, 2.45) is 5.73 Å². The highest BCUT2D eigenvalue weighted by atomic mass is 35.5. The molecule has 0 aromatic heterocycles. The zero-order chi connectivity index (χ0) is 8.60. The topological polar surface area (TPSA) is 52.0 Å². The van der Waals surface area contributed by atoms with Crippen molar-refractivity contribution < 1.29 is 0 Å². The molecule has 1 aromatic carbocycles. The first-order valence-corrected chi connectivity index (χ1v) is 4.36. The molecule has 4 heteroatoms. The lowest BCUT2D eigenvalue weighted by molar-refractivity contribution is 0.254. The third kappa shape index (κ3) is 2.32. The molecule has 0 atom stereocenters. The van der Waals surface area contributed by atoms with Crippen LogP contribution >= 0.6 is 24.8 Å². The van der Waals surface area contributed by atoms with Gasteiger partial charge in [-0.15, -0.1) is 24.8 Å². The lowest BCUT2D eigenvalue weighted by Crippen LogP contribution is -2.43. The van der Waals surface area contributed by atoms with Crippen molar-refractivity contribution in [3.8, 4) is 0 Å². The number of hydrogen-bond acceptors (Lipinski definition) is 2. The highest BCUT2D eigenvalue weighted by molar-refractivity contribution is 5.85. The van der Waals surface area contributed by atoms with Crippen LogP contribution in [0.4, 0.5) is 5.69 Å². The maximum Gasteiger partial charge on any atom is 0.0410 e. The summed E-state index contributed by atoms with van der Waals surface area (Å²) in [6, 6.07) is 7.91. The van der Waals surface area contributed by atoms with E-state index in [2.05, 4.69) is 6.07 Å². The normalized spacial score (nSPS) is 17.2. The Balaban J connectivity index is 0.000000845. The summed E-state index contributed by atoms with van der Waals surface area (Å²) in [6.45, 7) is 0. The number of nitrogen functional groups attached to an aromatic ring is 1. The Morgan fingerprint density at radius 3 is 2.21 bits per heavy atom. The summed E-state index contributed by atoms with van der Waals surface area (Å²) in [6.07, 6.45) is 3.43. The monoisotopic (exact) mass is 234 g/mol. The molecule has 80 valence electrons. The zero-order valence-electron chi connectivity index (χ0n) is 7.90. The Hall–Kier alpha value is -0.440. The van der Waals surface area contributed by atoms with Gasteiger partial charge in [-0.1, -0.05) is 12.1 Å². The molecule has 0 radical (unpaired) electrons. The van der Waals surface area contributed by atoms with Gasteiger partial charge < -0.3 is 11.5 Å². The molecule has 0 spiro atoms. The van der Waals surface area contributed by atoms with Crippen LogP contribution in [0.2, 0.25) is 0 Å². The highest BCUT2D eigenvalue weighted by Gasteiger charge is 2.34. The molecular weight excluding hydrogens is 219 g/mol. The van der Waals surface area contributed by atoms with Crippen molar-refractivity contribution in [1.29, 1.82) is 0 Å². The minimum atomic E-state index is -0.0740. The molecule has 14 heavy (non-hydrogen) atoms. The van der Waals surface area contributed by atoms with Crippen molar-refractivity contribution in [3.63, 3.8) is 0 Å². The smallest absolute Gasteiger partial charge is 0.0410 e. The van der Waals surface area contributed by atoms with Gasteiger partial charge in [-0.05, 0) is 37.0 Å². The fraction of sp³-hybridized carbons (Fsp3) is 0.400. The second kappa shape index (κ2) is 4.87. The number of nitrogens with two attached hydrogens (primary N) is 2. The molecule has 0 unspecified atom stereocenters. The van der Waals surface area contributed by atoms with E-state index in [1.807, 2.05) is 18.2 Å². The van der Waals surface area contributed by atoms with Crippen molar-refractivity contribution in [2.45, 2.75) is 24.8 Å². The summed E-state index contributed by atoms with van der Waals surface area (Å²) in [5.41, 5.74) is 13.7. The SMILES string of the molecule is Cl.Cl.Nc1cccc(C2(N)CCC2)c1. The van der Waals surface area contributed by atoms with Gasteiger partial charge in [-0.2, -0.15) is 0 Å². The van der Waals surface area contributed by atoms with Crippen LogP contribution in [0.1, 0.15) is 24.8 Å². The highest BCUT2D eigenvalue weighted by Crippen LogP contribution is 2.38. The molecule has 0 amide bonds. The Kier molecular flexibility index (Phi) is 4.72. The Morgan fingerprint density at radius 2 is 1.79 bits per heavy atom. The second-order valence-corrected chi connectivity index (χ2v) is 3.64. The standard InChI is InChI=1S/C10H14N2.2ClH/c11-9-4-1-3-8(7-9)10(12)5-2-6-10;;/h1,3-4,7H,2,5-6,11-12H2;2*1H. The minimum Gasteiger partial charge on any atom is -0.399 e. The predicted octanol–water partition coefficient (Wildman–Crippen LogP) is 2.45. The van der Waals surface area contributed by atoms with Crippen LogP contribution in [0, 0.1) is 0 Å². The van der Waals surface area contributed by atoms with Crippen LogP contribution in [0.3, 0.4) is 0 Å². The minimum absolute atomic E-state index is 0. The quantitative estimate of drug-likeness (QED) is 0.734. The maximum atomic E-state index is 6.14. The third-order valence-corrected chi connectivity index (χ3v) is 2.71. The Morgan fingerprint density at radius 1 is 1.14 bits per heavy atom. The van der Waals surface area contributed by atoms with E-state index < -0.39 is 0 Å². The van der Waals surface area contributed by atoms with Crippen LogP contribution in [0.15, 0.2) is 24.3 Å². The van der Waals surface area contributed by atoms with E-state index in [0.717, 1.165) is 18.5 Å². The van der Waals surface area contributed by atoms with Gasteiger partial charge in [-0.25, -0.2) is 0 Å². The van der Waals surface area contributed by atoms with Crippen LogP contribution in [0.25, 0.3) is 0 Å². The number of anilines is 1. The fourth-order valence-electron chi connectivity index (χ4n) is 1.69. The van der Waals surface area contributed by atoms with Crippen molar-refractivity contribution in [2.75, 3.05) is 5.73 Å². The number of hydrogen-bond donors (Lipinski definition) is 2. The van der Waals surface area contributed by atoms with Crippen LogP contribution in [-0.4, -0.2) is 0 Å². The summed E-state index contributed by atoms with van der Waals surface area (Å²) >= 11 is 0. The van der Waals surface area contributed by atoms with E-state index in [4.69, 9.17) is 11.5 Å². The van der Waals surface area contributed by atoms with E-state index in [-0.39, 0.29) is 30.4 Å². The molecule has 1 aliphatic carbocycles. The molecule has 2 rings (SSSR count). The zero-order valence-corrected chi connectivity index (χ0v) is 9.53. The summed E-state index contributed by atoms with van der Waals surface area (Å²) in [4.78, 5) is 0. The van der Waals surface area contributed by atoms with Gasteiger partial charge >= 0.3 is 0 Å². The average molecular weight is 235 g/mol. The van der Waals surface area contributed by atoms with Crippen LogP contribution in [-0.2, 0) is 5.54 Å². The lowest BCUT2D eigenvalue weighted by Gasteiger charge is -2.38. The molecule has 4 N–H and O–H groups in total. The van der Waals surface area contributed by atoms with Crippen molar-refractivity contribution >= 4 is 30.5 Å². The van der Waals surface area contributed by atoms with Gasteiger partial charge in [0.1, 0.15) is 0 Å². The first-order chi connectivity index (χ1) is 5.71. The maximum absolute atomic E-state index is 6.14. The van der Waals surface area contributed by atoms with Gasteiger partial charge in [0.2, 0.25) is 0 Å². The van der Waals surface area contributed by atoms with Gasteiger partial charge in [0.25, 0.3) is 0 Å². The first-order valence-electron chi connectivity index (χ1n) is 4.36. The van der Waals surface area contributed by atoms with Gasteiger partial charge in [0.15, 0.2) is 0 Å². The molecule has 0 aliphatic heterocycles. The Bertz CT molecular complexity index is 298. The molecule has 2 nitrogen and oxygen atoms in total. The molecule has 0 saturated heterocycles. The molecular formula is C10H16Cl2N2. The van der Waals surface area contributed by atoms with Gasteiger partial charge in [0, 0.05) is 11.2 Å². The summed E-state index contributed by atoms with van der Waals surface area (Å²) < 4.78 is 0.